The molecule has 0 aliphatic rings. The van der Waals surface area contributed by atoms with Crippen molar-refractivity contribution in [2.45, 2.75) is 32.2 Å². The Balaban J connectivity index is 3.04. The van der Waals surface area contributed by atoms with Gasteiger partial charge in [-0.1, -0.05) is 26.8 Å². The predicted molar refractivity (Wildman–Crippen MR) is 78.8 cm³/mol. The van der Waals surface area contributed by atoms with E-state index in [0.717, 1.165) is 6.54 Å². The molecule has 3 heteroatoms. The molecule has 0 radical (unpaired) electrons. The molecule has 17 heavy (non-hydrogen) atoms. The van der Waals surface area contributed by atoms with Crippen molar-refractivity contribution < 1.29 is 0 Å². The van der Waals surface area contributed by atoms with Gasteiger partial charge in [0.2, 0.25) is 0 Å². The Morgan fingerprint density at radius 3 is 2.41 bits per heavy atom. The fourth-order valence-corrected chi connectivity index (χ4v) is 2.75. The normalized spacial score (nSPS) is 11.6. The third-order valence-corrected chi connectivity index (χ3v) is 3.48. The zero-order valence-corrected chi connectivity index (χ0v) is 12.4. The van der Waals surface area contributed by atoms with Gasteiger partial charge in [-0.3, -0.25) is 0 Å². The molecule has 2 N–H and O–H groups in total. The van der Waals surface area contributed by atoms with Crippen LogP contribution in [0.25, 0.3) is 0 Å². The van der Waals surface area contributed by atoms with Crippen LogP contribution in [0, 0.1) is 5.41 Å². The van der Waals surface area contributed by atoms with E-state index in [4.69, 9.17) is 5.73 Å². The second-order valence-corrected chi connectivity index (χ2v) is 6.43. The third-order valence-electron chi connectivity index (χ3n) is 2.66. The minimum absolute atomic E-state index is 0.288. The Morgan fingerprint density at radius 2 is 1.94 bits per heavy atom. The van der Waals surface area contributed by atoms with Crippen LogP contribution in [0.1, 0.15) is 26.3 Å². The topological polar surface area (TPSA) is 29.3 Å². The summed E-state index contributed by atoms with van der Waals surface area (Å²) in [5.41, 5.74) is 8.69. The molecule has 0 aromatic heterocycles. The van der Waals surface area contributed by atoms with E-state index in [0.29, 0.717) is 6.54 Å². The lowest BCUT2D eigenvalue weighted by molar-refractivity contribution is 0.418. The second-order valence-electron chi connectivity index (χ2n) is 5.58. The zero-order valence-electron chi connectivity index (χ0n) is 11.6. The molecule has 0 fully saturated rings. The van der Waals surface area contributed by atoms with E-state index in [2.05, 4.69) is 57.2 Å². The van der Waals surface area contributed by atoms with Gasteiger partial charge in [0.1, 0.15) is 0 Å². The van der Waals surface area contributed by atoms with Crippen LogP contribution in [0.4, 0.5) is 5.69 Å². The zero-order chi connectivity index (χ0) is 13.1. The summed E-state index contributed by atoms with van der Waals surface area (Å²) in [6.45, 7) is 8.39. The standard InChI is InChI=1S/C14H24N2S/c1-14(2,3)10-16(4)12-7-6-8-13(17-5)11(12)9-15/h6-8H,9-10,15H2,1-5H3. The van der Waals surface area contributed by atoms with E-state index in [1.54, 1.807) is 11.8 Å². The molecule has 1 aromatic rings. The Morgan fingerprint density at radius 1 is 1.29 bits per heavy atom. The van der Waals surface area contributed by atoms with Crippen LogP contribution in [0.15, 0.2) is 23.1 Å². The fourth-order valence-electron chi connectivity index (χ4n) is 2.10. The van der Waals surface area contributed by atoms with Crippen molar-refractivity contribution in [2.24, 2.45) is 11.1 Å². The summed E-state index contributed by atoms with van der Waals surface area (Å²) in [6, 6.07) is 6.41. The first-order valence-electron chi connectivity index (χ1n) is 5.96. The first kappa shape index (κ1) is 14.4. The lowest BCUT2D eigenvalue weighted by Gasteiger charge is -2.30. The van der Waals surface area contributed by atoms with Gasteiger partial charge in [-0.25, -0.2) is 0 Å². The third kappa shape index (κ3) is 3.93. The maximum Gasteiger partial charge on any atom is 0.0420 e. The highest BCUT2D eigenvalue weighted by atomic mass is 32.2. The highest BCUT2D eigenvalue weighted by Gasteiger charge is 2.16. The lowest BCUT2D eigenvalue weighted by atomic mass is 9.95. The smallest absolute Gasteiger partial charge is 0.0420 e. The summed E-state index contributed by atoms with van der Waals surface area (Å²) >= 11 is 1.76. The van der Waals surface area contributed by atoms with Crippen LogP contribution < -0.4 is 10.6 Å². The molecular formula is C14H24N2S. The van der Waals surface area contributed by atoms with Crippen molar-refractivity contribution in [1.82, 2.24) is 0 Å². The minimum atomic E-state index is 0.288. The molecule has 0 aliphatic carbocycles. The van der Waals surface area contributed by atoms with Crippen molar-refractivity contribution in [3.8, 4) is 0 Å². The van der Waals surface area contributed by atoms with Crippen LogP contribution >= 0.6 is 11.8 Å². The SMILES string of the molecule is CSc1cccc(N(C)CC(C)(C)C)c1CN. The molecule has 0 saturated heterocycles. The summed E-state index contributed by atoms with van der Waals surface area (Å²) in [5.74, 6) is 0. The van der Waals surface area contributed by atoms with Crippen molar-refractivity contribution in [3.63, 3.8) is 0 Å². The summed E-state index contributed by atoms with van der Waals surface area (Å²) in [5, 5.41) is 0. The Labute approximate surface area is 110 Å². The molecule has 0 heterocycles. The number of nitrogens with two attached hydrogens (primary N) is 1. The number of hydrogen-bond acceptors (Lipinski definition) is 3. The molecular weight excluding hydrogens is 228 g/mol. The van der Waals surface area contributed by atoms with Crippen molar-refractivity contribution in [3.05, 3.63) is 23.8 Å². The number of hydrogen-bond donors (Lipinski definition) is 1. The summed E-state index contributed by atoms with van der Waals surface area (Å²) in [6.07, 6.45) is 2.10. The van der Waals surface area contributed by atoms with Gasteiger partial charge in [0.05, 0.1) is 0 Å². The van der Waals surface area contributed by atoms with Crippen LogP contribution in [-0.4, -0.2) is 19.8 Å². The molecule has 1 aromatic carbocycles. The van der Waals surface area contributed by atoms with Gasteiger partial charge in [0.25, 0.3) is 0 Å². The first-order valence-corrected chi connectivity index (χ1v) is 7.18. The van der Waals surface area contributed by atoms with Gasteiger partial charge in [-0.2, -0.15) is 0 Å². The van der Waals surface area contributed by atoms with Crippen LogP contribution in [0.2, 0.25) is 0 Å². The van der Waals surface area contributed by atoms with Crippen molar-refractivity contribution >= 4 is 17.4 Å². The van der Waals surface area contributed by atoms with Gasteiger partial charge in [-0.05, 0) is 23.8 Å². The van der Waals surface area contributed by atoms with Gasteiger partial charge >= 0.3 is 0 Å². The molecule has 96 valence electrons. The van der Waals surface area contributed by atoms with E-state index in [1.165, 1.54) is 16.1 Å². The maximum absolute atomic E-state index is 5.89. The average molecular weight is 252 g/mol. The number of benzene rings is 1. The summed E-state index contributed by atoms with van der Waals surface area (Å²) in [4.78, 5) is 3.59. The van der Waals surface area contributed by atoms with Crippen LogP contribution in [0.3, 0.4) is 0 Å². The predicted octanol–water partition coefficient (Wildman–Crippen LogP) is 3.35. The lowest BCUT2D eigenvalue weighted by Crippen LogP contribution is -2.30. The Kier molecular flexibility index (Phi) is 4.90. The highest BCUT2D eigenvalue weighted by molar-refractivity contribution is 7.98. The summed E-state index contributed by atoms with van der Waals surface area (Å²) < 4.78 is 0. The quantitative estimate of drug-likeness (QED) is 0.833. The maximum atomic E-state index is 5.89. The van der Waals surface area contributed by atoms with Gasteiger partial charge in [0.15, 0.2) is 0 Å². The average Bonchev–Trinajstić information content (AvgIpc) is 2.25. The Bertz CT molecular complexity index is 369. The molecule has 2 nitrogen and oxygen atoms in total. The van der Waals surface area contributed by atoms with E-state index in [9.17, 15) is 0 Å². The molecule has 0 atom stereocenters. The van der Waals surface area contributed by atoms with E-state index >= 15 is 0 Å². The molecule has 0 amide bonds. The van der Waals surface area contributed by atoms with Crippen molar-refractivity contribution in [1.29, 1.82) is 0 Å². The number of rotatable bonds is 4. The number of nitrogens with zero attached hydrogens (tertiary/aromatic N) is 1. The molecule has 0 saturated carbocycles. The monoisotopic (exact) mass is 252 g/mol. The molecule has 0 bridgehead atoms. The van der Waals surface area contributed by atoms with E-state index < -0.39 is 0 Å². The fraction of sp³-hybridized carbons (Fsp3) is 0.571. The minimum Gasteiger partial charge on any atom is -0.374 e. The van der Waals surface area contributed by atoms with Crippen LogP contribution in [0.5, 0.6) is 0 Å². The number of anilines is 1. The highest BCUT2D eigenvalue weighted by Crippen LogP contribution is 2.30. The molecule has 0 aliphatic heterocycles. The van der Waals surface area contributed by atoms with Gasteiger partial charge in [-0.15, -0.1) is 11.8 Å². The van der Waals surface area contributed by atoms with Gasteiger partial charge in [0, 0.05) is 36.3 Å². The van der Waals surface area contributed by atoms with E-state index in [-0.39, 0.29) is 5.41 Å². The van der Waals surface area contributed by atoms with E-state index in [1.807, 2.05) is 0 Å². The molecule has 1 rings (SSSR count). The second kappa shape index (κ2) is 5.78. The van der Waals surface area contributed by atoms with Crippen molar-refractivity contribution in [2.75, 3.05) is 24.7 Å². The number of thioether (sulfide) groups is 1. The Hall–Kier alpha value is -0.670. The summed E-state index contributed by atoms with van der Waals surface area (Å²) in [7, 11) is 2.14. The largest absolute Gasteiger partial charge is 0.374 e. The molecule has 0 spiro atoms. The molecule has 0 unspecified atom stereocenters. The van der Waals surface area contributed by atoms with Gasteiger partial charge < -0.3 is 10.6 Å². The first-order chi connectivity index (χ1) is 7.89. The van der Waals surface area contributed by atoms with Crippen LogP contribution in [-0.2, 0) is 6.54 Å².